The molecule has 0 aromatic heterocycles. The van der Waals surface area contributed by atoms with Gasteiger partial charge >= 0.3 is 0 Å². The Balaban J connectivity index is 2.53. The highest BCUT2D eigenvalue weighted by Gasteiger charge is 2.37. The van der Waals surface area contributed by atoms with Crippen molar-refractivity contribution in [1.29, 1.82) is 0 Å². The lowest BCUT2D eigenvalue weighted by Gasteiger charge is -2.32. The SMILES string of the molecule is CC1C(=O)NCCN1S(=O)(=O)c1c(Cl)cc(Br)cc1Cl. The van der Waals surface area contributed by atoms with E-state index >= 15 is 0 Å². The Morgan fingerprint density at radius 1 is 1.35 bits per heavy atom. The van der Waals surface area contributed by atoms with Crippen LogP contribution in [0.3, 0.4) is 0 Å². The van der Waals surface area contributed by atoms with E-state index in [0.717, 1.165) is 4.31 Å². The van der Waals surface area contributed by atoms with Crippen LogP contribution in [0.25, 0.3) is 0 Å². The molecule has 1 aromatic carbocycles. The predicted octanol–water partition coefficient (Wildman–Crippen LogP) is 2.26. The van der Waals surface area contributed by atoms with Crippen molar-refractivity contribution in [2.45, 2.75) is 17.9 Å². The summed E-state index contributed by atoms with van der Waals surface area (Å²) in [5, 5.41) is 2.64. The Bertz CT molecular complexity index is 643. The van der Waals surface area contributed by atoms with E-state index in [1.165, 1.54) is 19.1 Å². The van der Waals surface area contributed by atoms with Crippen LogP contribution in [-0.4, -0.2) is 37.8 Å². The van der Waals surface area contributed by atoms with Crippen LogP contribution >= 0.6 is 39.1 Å². The summed E-state index contributed by atoms with van der Waals surface area (Å²) in [6, 6.07) is 2.11. The molecule has 1 atom stereocenters. The van der Waals surface area contributed by atoms with E-state index in [-0.39, 0.29) is 33.9 Å². The third-order valence-corrected chi connectivity index (χ3v) is 6.32. The molecule has 1 fully saturated rings. The molecule has 0 saturated carbocycles. The van der Waals surface area contributed by atoms with Gasteiger partial charge in [-0.25, -0.2) is 8.42 Å². The summed E-state index contributed by atoms with van der Waals surface area (Å²) in [7, 11) is -3.93. The zero-order valence-electron chi connectivity index (χ0n) is 10.4. The van der Waals surface area contributed by atoms with Crippen molar-refractivity contribution in [2.75, 3.05) is 13.1 Å². The Hall–Kier alpha value is -0.340. The molecule has 20 heavy (non-hydrogen) atoms. The summed E-state index contributed by atoms with van der Waals surface area (Å²) in [4.78, 5) is 11.4. The van der Waals surface area contributed by atoms with Crippen LogP contribution in [0.1, 0.15) is 6.92 Å². The maximum absolute atomic E-state index is 12.7. The van der Waals surface area contributed by atoms with Crippen LogP contribution in [-0.2, 0) is 14.8 Å². The summed E-state index contributed by atoms with van der Waals surface area (Å²) in [6.45, 7) is 1.96. The molecule has 0 spiro atoms. The van der Waals surface area contributed by atoms with Gasteiger partial charge in [-0.2, -0.15) is 4.31 Å². The molecule has 0 radical (unpaired) electrons. The number of amides is 1. The number of hydrogen-bond acceptors (Lipinski definition) is 3. The van der Waals surface area contributed by atoms with Gasteiger partial charge in [0.15, 0.2) is 0 Å². The number of carbonyl (C=O) groups is 1. The van der Waals surface area contributed by atoms with Gasteiger partial charge in [-0.3, -0.25) is 4.79 Å². The van der Waals surface area contributed by atoms with Crippen molar-refractivity contribution in [3.63, 3.8) is 0 Å². The maximum atomic E-state index is 12.7. The standard InChI is InChI=1S/C11H11BrCl2N2O3S/c1-6-11(17)15-2-3-16(6)20(18,19)10-8(13)4-7(12)5-9(10)14/h4-6H,2-3H2,1H3,(H,15,17). The molecule has 1 aliphatic heterocycles. The highest BCUT2D eigenvalue weighted by Crippen LogP contribution is 2.35. The Labute approximate surface area is 135 Å². The molecule has 1 saturated heterocycles. The minimum atomic E-state index is -3.93. The van der Waals surface area contributed by atoms with E-state index in [9.17, 15) is 13.2 Å². The van der Waals surface area contributed by atoms with Crippen molar-refractivity contribution < 1.29 is 13.2 Å². The van der Waals surface area contributed by atoms with E-state index in [1.54, 1.807) is 0 Å². The fraction of sp³-hybridized carbons (Fsp3) is 0.364. The number of halogens is 3. The first kappa shape index (κ1) is 16.0. The molecule has 1 unspecified atom stereocenters. The smallest absolute Gasteiger partial charge is 0.246 e. The van der Waals surface area contributed by atoms with Gasteiger partial charge in [0.05, 0.1) is 10.0 Å². The number of nitrogens with zero attached hydrogens (tertiary/aromatic N) is 1. The van der Waals surface area contributed by atoms with E-state index in [1.807, 2.05) is 0 Å². The molecule has 1 aliphatic rings. The predicted molar refractivity (Wildman–Crippen MR) is 80.5 cm³/mol. The number of sulfonamides is 1. The molecule has 1 aromatic rings. The first-order valence-corrected chi connectivity index (χ1v) is 8.68. The van der Waals surface area contributed by atoms with E-state index < -0.39 is 16.1 Å². The van der Waals surface area contributed by atoms with Gasteiger partial charge in [0, 0.05) is 17.6 Å². The molecular formula is C11H11BrCl2N2O3S. The van der Waals surface area contributed by atoms with Crippen LogP contribution in [0.5, 0.6) is 0 Å². The lowest BCUT2D eigenvalue weighted by molar-refractivity contribution is -0.126. The van der Waals surface area contributed by atoms with E-state index in [0.29, 0.717) is 4.47 Å². The second-order valence-corrected chi connectivity index (χ2v) is 7.84. The summed E-state index contributed by atoms with van der Waals surface area (Å²) < 4.78 is 27.0. The number of carbonyl (C=O) groups excluding carboxylic acids is 1. The van der Waals surface area contributed by atoms with E-state index in [2.05, 4.69) is 21.2 Å². The zero-order valence-corrected chi connectivity index (χ0v) is 14.3. The molecule has 0 bridgehead atoms. The Kier molecular flexibility index (Phi) is 4.66. The topological polar surface area (TPSA) is 66.5 Å². The first-order chi connectivity index (χ1) is 9.25. The average molecular weight is 402 g/mol. The molecule has 0 aliphatic carbocycles. The third kappa shape index (κ3) is 2.82. The molecule has 5 nitrogen and oxygen atoms in total. The highest BCUT2D eigenvalue weighted by atomic mass is 79.9. The zero-order chi connectivity index (χ0) is 15.1. The minimum Gasteiger partial charge on any atom is -0.353 e. The van der Waals surface area contributed by atoms with Gasteiger partial charge in [0.2, 0.25) is 15.9 Å². The van der Waals surface area contributed by atoms with Crippen LogP contribution < -0.4 is 5.32 Å². The third-order valence-electron chi connectivity index (χ3n) is 2.97. The molecule has 110 valence electrons. The largest absolute Gasteiger partial charge is 0.353 e. The molecule has 1 amide bonds. The minimum absolute atomic E-state index is 0.0163. The Morgan fingerprint density at radius 2 is 1.90 bits per heavy atom. The number of rotatable bonds is 2. The highest BCUT2D eigenvalue weighted by molar-refractivity contribution is 9.10. The lowest BCUT2D eigenvalue weighted by atomic mass is 10.2. The van der Waals surface area contributed by atoms with Gasteiger partial charge in [0.1, 0.15) is 10.9 Å². The number of hydrogen-bond donors (Lipinski definition) is 1. The van der Waals surface area contributed by atoms with Crippen LogP contribution in [0.2, 0.25) is 10.0 Å². The van der Waals surface area contributed by atoms with Gasteiger partial charge in [0.25, 0.3) is 0 Å². The normalized spacial score (nSPS) is 20.8. The van der Waals surface area contributed by atoms with Crippen LogP contribution in [0, 0.1) is 0 Å². The second kappa shape index (κ2) is 5.81. The van der Waals surface area contributed by atoms with E-state index in [4.69, 9.17) is 23.2 Å². The summed E-state index contributed by atoms with van der Waals surface area (Å²) in [5.41, 5.74) is 0. The van der Waals surface area contributed by atoms with Gasteiger partial charge in [-0.05, 0) is 19.1 Å². The second-order valence-electron chi connectivity index (χ2n) is 4.28. The van der Waals surface area contributed by atoms with Crippen molar-refractivity contribution in [3.05, 3.63) is 26.7 Å². The van der Waals surface area contributed by atoms with Gasteiger partial charge < -0.3 is 5.32 Å². The number of benzene rings is 1. The molecule has 9 heteroatoms. The molecule has 1 heterocycles. The van der Waals surface area contributed by atoms with Crippen molar-refractivity contribution in [2.24, 2.45) is 0 Å². The molecule has 1 N–H and O–H groups in total. The summed E-state index contributed by atoms with van der Waals surface area (Å²) >= 11 is 15.2. The number of nitrogens with one attached hydrogen (secondary N) is 1. The number of piperazine rings is 1. The first-order valence-electron chi connectivity index (χ1n) is 5.69. The quantitative estimate of drug-likeness (QED) is 0.826. The monoisotopic (exact) mass is 400 g/mol. The average Bonchev–Trinajstić information content (AvgIpc) is 2.30. The fourth-order valence-electron chi connectivity index (χ4n) is 1.98. The summed E-state index contributed by atoms with van der Waals surface area (Å²) in [5.74, 6) is -0.343. The maximum Gasteiger partial charge on any atom is 0.246 e. The van der Waals surface area contributed by atoms with Crippen LogP contribution in [0.4, 0.5) is 0 Å². The van der Waals surface area contributed by atoms with Gasteiger partial charge in [-0.1, -0.05) is 39.1 Å². The molecular weight excluding hydrogens is 391 g/mol. The summed E-state index contributed by atoms with van der Waals surface area (Å²) in [6.07, 6.45) is 0. The van der Waals surface area contributed by atoms with Crippen molar-refractivity contribution in [3.8, 4) is 0 Å². The lowest BCUT2D eigenvalue weighted by Crippen LogP contribution is -2.55. The molecule has 2 rings (SSSR count). The van der Waals surface area contributed by atoms with Gasteiger partial charge in [-0.15, -0.1) is 0 Å². The fourth-order valence-corrected chi connectivity index (χ4v) is 5.46. The van der Waals surface area contributed by atoms with Crippen molar-refractivity contribution in [1.82, 2.24) is 9.62 Å². The Morgan fingerprint density at radius 3 is 2.45 bits per heavy atom. The van der Waals surface area contributed by atoms with Crippen LogP contribution in [0.15, 0.2) is 21.5 Å². The van der Waals surface area contributed by atoms with Crippen molar-refractivity contribution >= 4 is 55.1 Å².